The van der Waals surface area contributed by atoms with E-state index >= 15 is 0 Å². The van der Waals surface area contributed by atoms with Crippen LogP contribution in [0.25, 0.3) is 11.1 Å². The molecule has 17 heavy (non-hydrogen) atoms. The lowest BCUT2D eigenvalue weighted by Gasteiger charge is -2.08. The van der Waals surface area contributed by atoms with Crippen molar-refractivity contribution in [3.8, 4) is 22.9 Å². The van der Waals surface area contributed by atoms with E-state index in [9.17, 15) is 5.11 Å². The van der Waals surface area contributed by atoms with Crippen molar-refractivity contribution < 1.29 is 5.11 Å². The molecule has 0 fully saturated rings. The number of rotatable bonds is 2. The lowest BCUT2D eigenvalue weighted by atomic mass is 10.0. The maximum atomic E-state index is 9.59. The predicted molar refractivity (Wildman–Crippen MR) is 70.0 cm³/mol. The van der Waals surface area contributed by atoms with Gasteiger partial charge in [0.15, 0.2) is 0 Å². The fourth-order valence-corrected chi connectivity index (χ4v) is 2.33. The standard InChI is InChI=1S/C14H11NOS/c1-17-14-5-3-2-4-13(14)11-6-10(9-15)7-12(16)8-11/h2-8,16H,1H3. The monoisotopic (exact) mass is 241 g/mol. The predicted octanol–water partition coefficient (Wildman–Crippen LogP) is 3.65. The molecular weight excluding hydrogens is 230 g/mol. The third kappa shape index (κ3) is 2.43. The van der Waals surface area contributed by atoms with E-state index in [1.54, 1.807) is 23.9 Å². The van der Waals surface area contributed by atoms with Crippen molar-refractivity contribution >= 4 is 11.8 Å². The van der Waals surface area contributed by atoms with E-state index in [4.69, 9.17) is 5.26 Å². The summed E-state index contributed by atoms with van der Waals surface area (Å²) in [5.74, 6) is 0.120. The Labute approximate surface area is 105 Å². The molecule has 0 aliphatic heterocycles. The van der Waals surface area contributed by atoms with Crippen molar-refractivity contribution in [3.05, 3.63) is 48.0 Å². The van der Waals surface area contributed by atoms with Crippen molar-refractivity contribution in [2.45, 2.75) is 4.90 Å². The molecule has 0 aliphatic carbocycles. The highest BCUT2D eigenvalue weighted by molar-refractivity contribution is 7.98. The molecule has 0 heterocycles. The molecule has 1 N–H and O–H groups in total. The zero-order valence-corrected chi connectivity index (χ0v) is 10.2. The van der Waals surface area contributed by atoms with Crippen LogP contribution in [0, 0.1) is 11.3 Å². The van der Waals surface area contributed by atoms with Crippen LogP contribution in [0.5, 0.6) is 5.75 Å². The van der Waals surface area contributed by atoms with Gasteiger partial charge in [-0.15, -0.1) is 11.8 Å². The topological polar surface area (TPSA) is 44.0 Å². The summed E-state index contributed by atoms with van der Waals surface area (Å²) in [5.41, 5.74) is 2.37. The smallest absolute Gasteiger partial charge is 0.117 e. The summed E-state index contributed by atoms with van der Waals surface area (Å²) >= 11 is 1.65. The Balaban J connectivity index is 2.60. The quantitative estimate of drug-likeness (QED) is 0.816. The van der Waals surface area contributed by atoms with Crippen molar-refractivity contribution in [1.82, 2.24) is 0 Å². The van der Waals surface area contributed by atoms with Gasteiger partial charge in [0.05, 0.1) is 11.6 Å². The molecule has 0 atom stereocenters. The van der Waals surface area contributed by atoms with Crippen molar-refractivity contribution in [2.24, 2.45) is 0 Å². The van der Waals surface area contributed by atoms with Crippen LogP contribution in [0.4, 0.5) is 0 Å². The molecule has 2 aromatic rings. The molecule has 0 radical (unpaired) electrons. The first kappa shape index (κ1) is 11.6. The number of benzene rings is 2. The van der Waals surface area contributed by atoms with Crippen LogP contribution in [0.2, 0.25) is 0 Å². The lowest BCUT2D eigenvalue weighted by molar-refractivity contribution is 0.475. The fourth-order valence-electron chi connectivity index (χ4n) is 1.71. The molecule has 2 aromatic carbocycles. The van der Waals surface area contributed by atoms with Crippen LogP contribution in [-0.4, -0.2) is 11.4 Å². The second kappa shape index (κ2) is 4.94. The molecule has 3 heteroatoms. The molecule has 0 spiro atoms. The first-order valence-corrected chi connectivity index (χ1v) is 6.34. The SMILES string of the molecule is CSc1ccccc1-c1cc(O)cc(C#N)c1. The minimum absolute atomic E-state index is 0.120. The van der Waals surface area contributed by atoms with E-state index in [1.807, 2.05) is 36.6 Å². The number of phenolic OH excluding ortho intramolecular Hbond substituents is 1. The van der Waals surface area contributed by atoms with E-state index in [0.29, 0.717) is 5.56 Å². The van der Waals surface area contributed by atoms with Gasteiger partial charge in [-0.25, -0.2) is 0 Å². The third-order valence-electron chi connectivity index (χ3n) is 2.46. The first-order chi connectivity index (χ1) is 8.24. The van der Waals surface area contributed by atoms with E-state index < -0.39 is 0 Å². The Bertz CT molecular complexity index is 587. The number of phenols is 1. The van der Waals surface area contributed by atoms with Gasteiger partial charge < -0.3 is 5.11 Å². The van der Waals surface area contributed by atoms with E-state index in [2.05, 4.69) is 0 Å². The van der Waals surface area contributed by atoms with Crippen LogP contribution in [0.3, 0.4) is 0 Å². The minimum atomic E-state index is 0.120. The van der Waals surface area contributed by atoms with Crippen LogP contribution >= 0.6 is 11.8 Å². The lowest BCUT2D eigenvalue weighted by Crippen LogP contribution is -1.83. The Hall–Kier alpha value is -1.92. The molecular formula is C14H11NOS. The number of thioether (sulfide) groups is 1. The Morgan fingerprint density at radius 1 is 1.18 bits per heavy atom. The van der Waals surface area contributed by atoms with Gasteiger partial charge in [-0.3, -0.25) is 0 Å². The van der Waals surface area contributed by atoms with Crippen molar-refractivity contribution in [2.75, 3.05) is 6.26 Å². The van der Waals surface area contributed by atoms with Gasteiger partial charge in [0.1, 0.15) is 5.75 Å². The van der Waals surface area contributed by atoms with Crippen LogP contribution in [-0.2, 0) is 0 Å². The van der Waals surface area contributed by atoms with Gasteiger partial charge in [0.2, 0.25) is 0 Å². The Morgan fingerprint density at radius 3 is 2.65 bits per heavy atom. The molecule has 0 saturated heterocycles. The number of hydrogen-bond acceptors (Lipinski definition) is 3. The van der Waals surface area contributed by atoms with Gasteiger partial charge in [0.25, 0.3) is 0 Å². The highest BCUT2D eigenvalue weighted by atomic mass is 32.2. The number of nitriles is 1. The average Bonchev–Trinajstić information content (AvgIpc) is 2.37. The summed E-state index contributed by atoms with van der Waals surface area (Å²) in [6, 6.07) is 14.9. The second-order valence-electron chi connectivity index (χ2n) is 3.58. The molecule has 0 aromatic heterocycles. The minimum Gasteiger partial charge on any atom is -0.508 e. The van der Waals surface area contributed by atoms with E-state index in [-0.39, 0.29) is 5.75 Å². The maximum absolute atomic E-state index is 9.59. The van der Waals surface area contributed by atoms with Crippen LogP contribution < -0.4 is 0 Å². The zero-order valence-electron chi connectivity index (χ0n) is 9.34. The van der Waals surface area contributed by atoms with Gasteiger partial charge in [-0.1, -0.05) is 18.2 Å². The molecule has 0 aliphatic rings. The Kier molecular flexibility index (Phi) is 3.36. The van der Waals surface area contributed by atoms with Gasteiger partial charge in [-0.2, -0.15) is 5.26 Å². The summed E-state index contributed by atoms with van der Waals surface area (Å²) in [5, 5.41) is 18.5. The molecule has 0 unspecified atom stereocenters. The molecule has 0 saturated carbocycles. The number of nitrogens with zero attached hydrogens (tertiary/aromatic N) is 1. The molecule has 84 valence electrons. The van der Waals surface area contributed by atoms with Gasteiger partial charge >= 0.3 is 0 Å². The van der Waals surface area contributed by atoms with Crippen molar-refractivity contribution in [3.63, 3.8) is 0 Å². The summed E-state index contributed by atoms with van der Waals surface area (Å²) in [7, 11) is 0. The highest BCUT2D eigenvalue weighted by Gasteiger charge is 2.06. The maximum Gasteiger partial charge on any atom is 0.117 e. The summed E-state index contributed by atoms with van der Waals surface area (Å²) in [6.07, 6.45) is 2.01. The highest BCUT2D eigenvalue weighted by Crippen LogP contribution is 2.32. The number of hydrogen-bond donors (Lipinski definition) is 1. The average molecular weight is 241 g/mol. The number of aromatic hydroxyl groups is 1. The molecule has 0 bridgehead atoms. The van der Waals surface area contributed by atoms with E-state index in [1.165, 1.54) is 6.07 Å². The molecule has 2 rings (SSSR count). The molecule has 0 amide bonds. The summed E-state index contributed by atoms with van der Waals surface area (Å²) < 4.78 is 0. The normalized spacial score (nSPS) is 9.88. The van der Waals surface area contributed by atoms with E-state index in [0.717, 1.165) is 16.0 Å². The second-order valence-corrected chi connectivity index (χ2v) is 4.43. The largest absolute Gasteiger partial charge is 0.508 e. The zero-order chi connectivity index (χ0) is 12.3. The summed E-state index contributed by atoms with van der Waals surface area (Å²) in [4.78, 5) is 1.13. The molecule has 2 nitrogen and oxygen atoms in total. The van der Waals surface area contributed by atoms with Crippen LogP contribution in [0.1, 0.15) is 5.56 Å². The first-order valence-electron chi connectivity index (χ1n) is 5.12. The van der Waals surface area contributed by atoms with Gasteiger partial charge in [-0.05, 0) is 41.6 Å². The van der Waals surface area contributed by atoms with Crippen molar-refractivity contribution in [1.29, 1.82) is 5.26 Å². The summed E-state index contributed by atoms with van der Waals surface area (Å²) in [6.45, 7) is 0. The Morgan fingerprint density at radius 2 is 1.94 bits per heavy atom. The fraction of sp³-hybridized carbons (Fsp3) is 0.0714. The third-order valence-corrected chi connectivity index (χ3v) is 3.26. The van der Waals surface area contributed by atoms with Gasteiger partial charge in [0, 0.05) is 4.90 Å². The van der Waals surface area contributed by atoms with Crippen LogP contribution in [0.15, 0.2) is 47.4 Å².